The van der Waals surface area contributed by atoms with Gasteiger partial charge in [0, 0.05) is 12.7 Å². The minimum absolute atomic E-state index is 0.0461. The highest BCUT2D eigenvalue weighted by Crippen LogP contribution is 2.24. The minimum atomic E-state index is -4.80. The number of amides is 2. The molecule has 0 saturated heterocycles. The maximum Gasteiger partial charge on any atom is 0.408 e. The summed E-state index contributed by atoms with van der Waals surface area (Å²) in [6.45, 7) is 1.76. The van der Waals surface area contributed by atoms with Crippen molar-refractivity contribution in [1.82, 2.24) is 9.88 Å². The van der Waals surface area contributed by atoms with E-state index in [9.17, 15) is 36.3 Å². The van der Waals surface area contributed by atoms with Gasteiger partial charge in [0.2, 0.25) is 5.95 Å². The van der Waals surface area contributed by atoms with Gasteiger partial charge in [0.25, 0.3) is 17.6 Å². The molecule has 1 aromatic heterocycles. The first-order valence-electron chi connectivity index (χ1n) is 8.57. The van der Waals surface area contributed by atoms with Gasteiger partial charge in [-0.05, 0) is 37.6 Å². The van der Waals surface area contributed by atoms with Crippen LogP contribution < -0.4 is 10.6 Å². The van der Waals surface area contributed by atoms with Crippen molar-refractivity contribution < 1.29 is 36.3 Å². The van der Waals surface area contributed by atoms with Crippen LogP contribution in [0.15, 0.2) is 18.2 Å². The Morgan fingerprint density at radius 2 is 1.81 bits per heavy atom. The molecule has 0 aliphatic heterocycles. The Bertz CT molecular complexity index is 1120. The summed E-state index contributed by atoms with van der Waals surface area (Å²) in [5, 5.41) is 12.5. The molecule has 7 nitrogen and oxygen atoms in total. The smallest absolute Gasteiger partial charge is 0.338 e. The van der Waals surface area contributed by atoms with Crippen molar-refractivity contribution in [2.45, 2.75) is 26.1 Å². The Morgan fingerprint density at radius 3 is 2.35 bits per heavy atom. The maximum atomic E-state index is 14.6. The number of halogens is 5. The van der Waals surface area contributed by atoms with Crippen LogP contribution in [0.25, 0.3) is 0 Å². The molecule has 2 aromatic rings. The Kier molecular flexibility index (Phi) is 6.49. The van der Waals surface area contributed by atoms with E-state index >= 15 is 0 Å². The van der Waals surface area contributed by atoms with E-state index in [1.807, 2.05) is 0 Å². The number of Topliss-reactive ketones (excluding diaryl/α,β-unsaturated/α-hetero) is 1. The van der Waals surface area contributed by atoms with Gasteiger partial charge in [-0.1, -0.05) is 0 Å². The van der Waals surface area contributed by atoms with Crippen molar-refractivity contribution in [2.24, 2.45) is 7.05 Å². The van der Waals surface area contributed by atoms with Gasteiger partial charge in [-0.3, -0.25) is 14.4 Å². The molecule has 1 heterocycles. The van der Waals surface area contributed by atoms with Crippen LogP contribution in [-0.4, -0.2) is 34.4 Å². The number of nitrogens with one attached hydrogen (secondary N) is 2. The van der Waals surface area contributed by atoms with Crippen LogP contribution in [0.2, 0.25) is 0 Å². The monoisotopic (exact) mass is 442 g/mol. The predicted molar refractivity (Wildman–Crippen MR) is 97.2 cm³/mol. The van der Waals surface area contributed by atoms with E-state index in [2.05, 4.69) is 5.32 Å². The maximum absolute atomic E-state index is 14.6. The normalized spacial score (nSPS) is 12.1. The van der Waals surface area contributed by atoms with Crippen molar-refractivity contribution in [3.05, 3.63) is 52.3 Å². The first-order valence-corrected chi connectivity index (χ1v) is 8.57. The zero-order valence-electron chi connectivity index (χ0n) is 16.3. The topological polar surface area (TPSA) is 104 Å². The van der Waals surface area contributed by atoms with Crippen LogP contribution in [0.5, 0.6) is 0 Å². The van der Waals surface area contributed by atoms with Gasteiger partial charge >= 0.3 is 6.18 Å². The lowest BCUT2D eigenvalue weighted by Crippen LogP contribution is -2.46. The summed E-state index contributed by atoms with van der Waals surface area (Å²) in [5.74, 6) is -6.24. The Labute approximate surface area is 172 Å². The van der Waals surface area contributed by atoms with Crippen LogP contribution in [0.3, 0.4) is 0 Å². The summed E-state index contributed by atoms with van der Waals surface area (Å²) < 4.78 is 66.4. The molecule has 1 atom stereocenters. The van der Waals surface area contributed by atoms with Crippen LogP contribution in [-0.2, 0) is 11.8 Å². The number of hydrogen-bond donors (Lipinski definition) is 2. The summed E-state index contributed by atoms with van der Waals surface area (Å²) in [6, 6.07) is 2.26. The summed E-state index contributed by atoms with van der Waals surface area (Å²) in [7, 11) is 1.01. The van der Waals surface area contributed by atoms with Crippen molar-refractivity contribution in [3.63, 3.8) is 0 Å². The second-order valence-electron chi connectivity index (χ2n) is 6.52. The van der Waals surface area contributed by atoms with Gasteiger partial charge in [0.15, 0.2) is 0 Å². The molecule has 1 aromatic carbocycles. The fourth-order valence-electron chi connectivity index (χ4n) is 2.71. The van der Waals surface area contributed by atoms with Crippen molar-refractivity contribution in [1.29, 1.82) is 5.26 Å². The molecular formula is C19H15F5N4O3. The first-order chi connectivity index (χ1) is 14.3. The summed E-state index contributed by atoms with van der Waals surface area (Å²) in [6.07, 6.45) is -4.80. The molecule has 164 valence electrons. The number of anilines is 1. The van der Waals surface area contributed by atoms with E-state index in [1.54, 1.807) is 6.07 Å². The molecule has 0 spiro atoms. The summed E-state index contributed by atoms with van der Waals surface area (Å²) >= 11 is 0. The van der Waals surface area contributed by atoms with Crippen molar-refractivity contribution >= 4 is 23.3 Å². The summed E-state index contributed by atoms with van der Waals surface area (Å²) in [4.78, 5) is 36.8. The molecule has 0 fully saturated rings. The summed E-state index contributed by atoms with van der Waals surface area (Å²) in [5.41, 5.74) is -1.98. The lowest BCUT2D eigenvalue weighted by Gasteiger charge is -2.16. The Balaban J connectivity index is 2.35. The third kappa shape index (κ3) is 4.71. The highest BCUT2D eigenvalue weighted by atomic mass is 19.4. The number of hydrogen-bond acceptors (Lipinski definition) is 4. The molecule has 2 amide bonds. The largest absolute Gasteiger partial charge is 0.408 e. The van der Waals surface area contributed by atoms with Crippen molar-refractivity contribution in [3.8, 4) is 6.07 Å². The number of carbonyl (C=O) groups is 3. The molecule has 2 rings (SSSR count). The number of rotatable bonds is 5. The molecule has 0 aliphatic rings. The number of nitriles is 1. The third-order valence-electron chi connectivity index (χ3n) is 4.40. The van der Waals surface area contributed by atoms with Crippen molar-refractivity contribution in [2.75, 3.05) is 5.32 Å². The van der Waals surface area contributed by atoms with Gasteiger partial charge in [-0.25, -0.2) is 4.39 Å². The quantitative estimate of drug-likeness (QED) is 0.422. The molecule has 12 heteroatoms. The number of alkyl halides is 3. The molecule has 0 unspecified atom stereocenters. The molecule has 0 aliphatic carbocycles. The number of benzene rings is 1. The van der Waals surface area contributed by atoms with Gasteiger partial charge < -0.3 is 15.2 Å². The van der Waals surface area contributed by atoms with Gasteiger partial charge in [-0.15, -0.1) is 0 Å². The van der Waals surface area contributed by atoms with E-state index in [4.69, 9.17) is 5.26 Å². The molecule has 2 N–H and O–H groups in total. The van der Waals surface area contributed by atoms with Crippen LogP contribution in [0.1, 0.15) is 38.9 Å². The van der Waals surface area contributed by atoms with E-state index in [-0.39, 0.29) is 16.8 Å². The Morgan fingerprint density at radius 1 is 1.19 bits per heavy atom. The molecule has 31 heavy (non-hydrogen) atoms. The lowest BCUT2D eigenvalue weighted by atomic mass is 10.1. The first kappa shape index (κ1) is 23.5. The highest BCUT2D eigenvalue weighted by Gasteiger charge is 2.39. The van der Waals surface area contributed by atoms with Crippen LogP contribution in [0.4, 0.5) is 27.6 Å². The molecule has 0 bridgehead atoms. The van der Waals surface area contributed by atoms with Gasteiger partial charge in [0.1, 0.15) is 23.6 Å². The second kappa shape index (κ2) is 8.55. The second-order valence-corrected chi connectivity index (χ2v) is 6.52. The minimum Gasteiger partial charge on any atom is -0.338 e. The van der Waals surface area contributed by atoms with E-state index in [1.165, 1.54) is 5.32 Å². The zero-order valence-corrected chi connectivity index (χ0v) is 16.3. The standard InChI is InChI=1S/C19H15F5N4O3/c1-8-13(17(30)27-11-4-5-12(20)10(6-11)7-25)16(21)28(3)14(8)15(29)18(31)26-9(2)19(22,23)24/h4-6,9H,1-3H3,(H,26,31)(H,27,30)/t9-/m0/s1. The fraction of sp³-hybridized carbons (Fsp3) is 0.263. The number of carbonyl (C=O) groups excluding carboxylic acids is 3. The Hall–Kier alpha value is -3.75. The number of ketones is 1. The average molecular weight is 442 g/mol. The van der Waals surface area contributed by atoms with Gasteiger partial charge in [0.05, 0.1) is 11.1 Å². The van der Waals surface area contributed by atoms with Gasteiger partial charge in [-0.2, -0.15) is 22.8 Å². The molecule has 0 radical (unpaired) electrons. The average Bonchev–Trinajstić information content (AvgIpc) is 2.90. The van der Waals surface area contributed by atoms with E-state index in [0.29, 0.717) is 11.5 Å². The number of nitrogens with zero attached hydrogens (tertiary/aromatic N) is 2. The highest BCUT2D eigenvalue weighted by molar-refractivity contribution is 6.43. The lowest BCUT2D eigenvalue weighted by molar-refractivity contribution is -0.156. The zero-order chi connectivity index (χ0) is 23.7. The van der Waals surface area contributed by atoms with E-state index in [0.717, 1.165) is 32.2 Å². The fourth-order valence-corrected chi connectivity index (χ4v) is 2.71. The van der Waals surface area contributed by atoms with Crippen LogP contribution >= 0.6 is 0 Å². The van der Waals surface area contributed by atoms with Crippen LogP contribution in [0, 0.1) is 30.0 Å². The third-order valence-corrected chi connectivity index (χ3v) is 4.40. The SMILES string of the molecule is Cc1c(C(=O)Nc2ccc(F)c(C#N)c2)c(F)n(C)c1C(=O)C(=O)N[C@@H](C)C(F)(F)F. The molecular weight excluding hydrogens is 427 g/mol. The number of aromatic nitrogens is 1. The molecule has 0 saturated carbocycles. The predicted octanol–water partition coefficient (Wildman–Crippen LogP) is 2.99. The van der Waals surface area contributed by atoms with E-state index < -0.39 is 52.8 Å².